The van der Waals surface area contributed by atoms with Crippen molar-refractivity contribution in [2.75, 3.05) is 12.0 Å². The Kier molecular flexibility index (Phi) is 14.5. The Labute approximate surface area is 377 Å². The van der Waals surface area contributed by atoms with Crippen molar-refractivity contribution in [3.8, 4) is 23.0 Å². The van der Waals surface area contributed by atoms with E-state index in [1.807, 2.05) is 0 Å². The quantitative estimate of drug-likeness (QED) is 0.0111. The maximum absolute atomic E-state index is 12.2. The predicted molar refractivity (Wildman–Crippen MR) is 239 cm³/mol. The van der Waals surface area contributed by atoms with E-state index in [2.05, 4.69) is 54.7 Å². The summed E-state index contributed by atoms with van der Waals surface area (Å²) in [5.41, 5.74) is 4.27. The second-order valence-electron chi connectivity index (χ2n) is 13.9. The second-order valence-corrected chi connectivity index (χ2v) is 16.8. The van der Waals surface area contributed by atoms with Gasteiger partial charge in [0.05, 0.1) is 51.7 Å². The topological polar surface area (TPSA) is 288 Å². The molecule has 0 saturated heterocycles. The summed E-state index contributed by atoms with van der Waals surface area (Å²) >= 11 is 1.11. The molecule has 0 aliphatic rings. The molecule has 334 valence electrons. The molecule has 0 radical (unpaired) electrons. The fraction of sp³-hybridized carbons (Fsp3) is 0.0952. The lowest BCUT2D eigenvalue weighted by Gasteiger charge is -2.12. The van der Waals surface area contributed by atoms with E-state index >= 15 is 0 Å². The highest BCUT2D eigenvalue weighted by molar-refractivity contribution is 7.95. The van der Waals surface area contributed by atoms with Crippen LogP contribution in [0, 0.1) is 20.8 Å². The molecule has 0 heterocycles. The zero-order valence-corrected chi connectivity index (χ0v) is 36.4. The lowest BCUT2D eigenvalue weighted by molar-refractivity contribution is -0.432. The van der Waals surface area contributed by atoms with Gasteiger partial charge in [0.25, 0.3) is 10.1 Å². The van der Waals surface area contributed by atoms with Crippen LogP contribution in [0.4, 0.5) is 39.8 Å². The smallest absolute Gasteiger partial charge is 0.295 e. The lowest BCUT2D eigenvalue weighted by atomic mass is 10.1. The molecule has 0 fully saturated rings. The first-order valence-corrected chi connectivity index (χ1v) is 21.6. The van der Waals surface area contributed by atoms with Crippen LogP contribution in [0.2, 0.25) is 0 Å². The van der Waals surface area contributed by atoms with Gasteiger partial charge in [0.15, 0.2) is 12.5 Å². The minimum absolute atomic E-state index is 0.0371. The van der Waals surface area contributed by atoms with E-state index in [-0.39, 0.29) is 50.5 Å². The molecule has 0 aliphatic heterocycles. The minimum Gasteiger partial charge on any atom is -0.508 e. The molecule has 7 aromatic carbocycles. The summed E-state index contributed by atoms with van der Waals surface area (Å²) in [4.78, 5) is 0.0438. The van der Waals surface area contributed by atoms with E-state index in [4.69, 9.17) is 15.3 Å². The van der Waals surface area contributed by atoms with Gasteiger partial charge >= 0.3 is 0 Å². The number of benzene rings is 7. The molecule has 7 rings (SSSR count). The molecule has 0 aliphatic carbocycles. The number of aryl methyl sites for hydroxylation is 3. The van der Waals surface area contributed by atoms with Gasteiger partial charge in [-0.15, -0.1) is 18.9 Å². The van der Waals surface area contributed by atoms with Crippen molar-refractivity contribution in [1.82, 2.24) is 0 Å². The first-order valence-electron chi connectivity index (χ1n) is 18.7. The molecule has 0 amide bonds. The van der Waals surface area contributed by atoms with Gasteiger partial charge in [-0.1, -0.05) is 16.1 Å². The van der Waals surface area contributed by atoms with Gasteiger partial charge in [-0.05, 0) is 139 Å². The molecule has 0 aromatic heterocycles. The zero-order valence-electron chi connectivity index (χ0n) is 34.0. The number of nitrogens with zero attached hydrogens (tertiary/aromatic N) is 6. The van der Waals surface area contributed by atoms with Crippen molar-refractivity contribution in [2.24, 2.45) is 30.7 Å². The number of hydrogen-bond donors (Lipinski definition) is 7. The molecule has 7 N–H and O–H groups in total. The van der Waals surface area contributed by atoms with Crippen molar-refractivity contribution in [3.63, 3.8) is 0 Å². The lowest BCUT2D eigenvalue weighted by Crippen LogP contribution is -2.08. The molecule has 0 atom stereocenters. The van der Waals surface area contributed by atoms with Gasteiger partial charge in [0.1, 0.15) is 33.5 Å². The van der Waals surface area contributed by atoms with Gasteiger partial charge in [-0.3, -0.25) is 4.55 Å². The van der Waals surface area contributed by atoms with Crippen LogP contribution < -0.4 is 10.1 Å². The number of ether oxygens (including phenoxy) is 1. The van der Waals surface area contributed by atoms with Crippen molar-refractivity contribution in [3.05, 3.63) is 120 Å². The number of nitrogens with one attached hydrogen (secondary N) is 1. The molecule has 0 bridgehead atoms. The summed E-state index contributed by atoms with van der Waals surface area (Å²) in [6.07, 6.45) is 0. The van der Waals surface area contributed by atoms with Crippen LogP contribution in [0.15, 0.2) is 149 Å². The highest BCUT2D eigenvalue weighted by Gasteiger charge is 2.19. The van der Waals surface area contributed by atoms with Crippen LogP contribution in [-0.2, 0) is 28.9 Å². The summed E-state index contributed by atoms with van der Waals surface area (Å²) < 4.78 is 49.0. The fourth-order valence-electron chi connectivity index (χ4n) is 6.26. The Morgan fingerprint density at radius 3 is 1.92 bits per heavy atom. The maximum Gasteiger partial charge on any atom is 0.295 e. The van der Waals surface area contributed by atoms with E-state index in [9.17, 15) is 28.3 Å². The molecule has 65 heavy (non-hydrogen) atoms. The molecule has 23 heteroatoms. The number of aromatic hydroxyl groups is 3. The van der Waals surface area contributed by atoms with E-state index in [1.54, 1.807) is 87.5 Å². The number of anilines is 1. The van der Waals surface area contributed by atoms with Crippen molar-refractivity contribution in [1.29, 1.82) is 0 Å². The van der Waals surface area contributed by atoms with E-state index in [1.165, 1.54) is 30.3 Å². The monoisotopic (exact) mass is 941 g/mol. The number of phenols is 3. The number of azo groups is 3. The van der Waals surface area contributed by atoms with Gasteiger partial charge in [-0.25, -0.2) is 10.5 Å². The van der Waals surface area contributed by atoms with Crippen LogP contribution >= 0.6 is 24.1 Å². The van der Waals surface area contributed by atoms with Crippen LogP contribution in [-0.4, -0.2) is 45.5 Å². The molecule has 0 saturated carbocycles. The summed E-state index contributed by atoms with van der Waals surface area (Å²) in [6.45, 7) is 5.44. The van der Waals surface area contributed by atoms with Gasteiger partial charge < -0.3 is 25.4 Å². The van der Waals surface area contributed by atoms with Crippen molar-refractivity contribution < 1.29 is 62.3 Å². The number of phenolic OH excluding ortho intramolecular Hbond substituents is 3. The average molecular weight is 942 g/mol. The molecular weight excluding hydrogens is 907 g/mol. The number of hydrogen-bond acceptors (Lipinski definition) is 21. The second kappa shape index (κ2) is 20.4. The van der Waals surface area contributed by atoms with Crippen LogP contribution in [0.1, 0.15) is 16.7 Å². The maximum atomic E-state index is 12.2. The SMILES string of the molecule is Cc1cc(N=Nc2cc(O)c(N=Nc3c(SOOO)cc4cc(NCOc5ccc(O)cc5)ccc4c3O)cc2C)c(C)cc1N=Nc1ccc2cc(SOOO)cc(S(=O)(=O)O)c2c1. The summed E-state index contributed by atoms with van der Waals surface area (Å²) in [7, 11) is -4.66. The first-order chi connectivity index (χ1) is 31.2. The molecule has 0 spiro atoms. The minimum atomic E-state index is -4.66. The Bertz CT molecular complexity index is 3120. The standard InChI is InChI=1S/C42H35N7O13S3/c1-22-13-35(23(2)12-34(22)45-44-28-5-4-25-16-31(63-61-59-53)19-40(33(25)18-28)65(55,56)57)46-47-36-20-38(51)37(14-24(36)3)48-49-41-39(64-62-60-54)17-26-15-27(6-11-32(26)42(41)52)43-21-58-30-9-7-29(50)8-10-30/h4-20,43,50-54H,21H2,1-3H3,(H,55,56,57). The molecular formula is C42H35N7O13S3. The van der Waals surface area contributed by atoms with Crippen LogP contribution in [0.3, 0.4) is 0 Å². The predicted octanol–water partition coefficient (Wildman–Crippen LogP) is 12.8. The van der Waals surface area contributed by atoms with E-state index in [0.717, 1.165) is 6.07 Å². The summed E-state index contributed by atoms with van der Waals surface area (Å²) in [6, 6.07) is 26.8. The number of fused-ring (bicyclic) bond motifs is 2. The third-order valence-corrected chi connectivity index (χ3v) is 11.5. The van der Waals surface area contributed by atoms with Crippen LogP contribution in [0.5, 0.6) is 23.0 Å². The Morgan fingerprint density at radius 2 is 1.25 bits per heavy atom. The molecule has 20 nitrogen and oxygen atoms in total. The first kappa shape index (κ1) is 46.2. The summed E-state index contributed by atoms with van der Waals surface area (Å²) in [5, 5.41) is 87.0. The Hall–Kier alpha value is -6.77. The highest BCUT2D eigenvalue weighted by Crippen LogP contribution is 2.46. The number of rotatable bonds is 17. The van der Waals surface area contributed by atoms with Crippen molar-refractivity contribution >= 4 is 95.6 Å². The van der Waals surface area contributed by atoms with Crippen molar-refractivity contribution in [2.45, 2.75) is 35.5 Å². The Balaban J connectivity index is 1.07. The fourth-order valence-corrected chi connectivity index (χ4v) is 8.02. The summed E-state index contributed by atoms with van der Waals surface area (Å²) in [5.74, 6) is 0.118. The molecule has 0 unspecified atom stereocenters. The van der Waals surface area contributed by atoms with E-state index < -0.39 is 15.0 Å². The van der Waals surface area contributed by atoms with Crippen LogP contribution in [0.25, 0.3) is 21.5 Å². The largest absolute Gasteiger partial charge is 0.508 e. The van der Waals surface area contributed by atoms with Gasteiger partial charge in [0.2, 0.25) is 0 Å². The van der Waals surface area contributed by atoms with Gasteiger partial charge in [0, 0.05) is 27.4 Å². The normalized spacial score (nSPS) is 12.1. The zero-order chi connectivity index (χ0) is 46.3. The highest BCUT2D eigenvalue weighted by atomic mass is 32.2. The molecule has 7 aromatic rings. The Morgan fingerprint density at radius 1 is 0.615 bits per heavy atom. The third kappa shape index (κ3) is 11.3. The average Bonchev–Trinajstić information content (AvgIpc) is 3.28. The van der Waals surface area contributed by atoms with Gasteiger partial charge in [-0.2, -0.15) is 28.9 Å². The van der Waals surface area contributed by atoms with E-state index in [0.29, 0.717) is 91.1 Å². The third-order valence-electron chi connectivity index (χ3n) is 9.47.